The predicted octanol–water partition coefficient (Wildman–Crippen LogP) is 4.12. The highest BCUT2D eigenvalue weighted by molar-refractivity contribution is 5.29. The van der Waals surface area contributed by atoms with Crippen LogP contribution in [0.4, 0.5) is 0 Å². The summed E-state index contributed by atoms with van der Waals surface area (Å²) < 4.78 is 0. The van der Waals surface area contributed by atoms with Gasteiger partial charge in [-0.2, -0.15) is 0 Å². The lowest BCUT2D eigenvalue weighted by Crippen LogP contribution is -2.38. The zero-order chi connectivity index (χ0) is 15.5. The van der Waals surface area contributed by atoms with Gasteiger partial charge in [0, 0.05) is 18.6 Å². The van der Waals surface area contributed by atoms with E-state index in [0.717, 1.165) is 6.54 Å². The number of hydrogen-bond donors (Lipinski definition) is 1. The van der Waals surface area contributed by atoms with Gasteiger partial charge in [0.2, 0.25) is 0 Å². The van der Waals surface area contributed by atoms with Crippen LogP contribution in [0.15, 0.2) is 24.3 Å². The van der Waals surface area contributed by atoms with Crippen LogP contribution in [0.1, 0.15) is 64.6 Å². The second-order valence-corrected chi connectivity index (χ2v) is 7.43. The van der Waals surface area contributed by atoms with Crippen LogP contribution in [0, 0.1) is 0 Å². The van der Waals surface area contributed by atoms with Crippen molar-refractivity contribution in [3.05, 3.63) is 35.4 Å². The van der Waals surface area contributed by atoms with E-state index in [9.17, 15) is 0 Å². The fraction of sp³-hybridized carbons (Fsp3) is 0.684. The first kappa shape index (κ1) is 16.5. The molecule has 2 heteroatoms. The molecular weight excluding hydrogens is 256 g/mol. The summed E-state index contributed by atoms with van der Waals surface area (Å²) in [7, 11) is 0. The van der Waals surface area contributed by atoms with Crippen molar-refractivity contribution in [3.8, 4) is 0 Å². The summed E-state index contributed by atoms with van der Waals surface area (Å²) in [5.74, 6) is 0. The summed E-state index contributed by atoms with van der Waals surface area (Å²) in [6.07, 6.45) is 2.66. The Kier molecular flexibility index (Phi) is 5.45. The summed E-state index contributed by atoms with van der Waals surface area (Å²) in [6.45, 7) is 14.9. The molecule has 1 aromatic carbocycles. The average molecular weight is 288 g/mol. The second-order valence-electron chi connectivity index (χ2n) is 7.43. The molecule has 0 amide bonds. The van der Waals surface area contributed by atoms with Crippen molar-refractivity contribution in [1.82, 2.24) is 10.2 Å². The minimum Gasteiger partial charge on any atom is -0.313 e. The smallest absolute Gasteiger partial charge is 0.0320 e. The summed E-state index contributed by atoms with van der Waals surface area (Å²) in [6, 6.07) is 10.4. The Morgan fingerprint density at radius 3 is 2.38 bits per heavy atom. The average Bonchev–Trinajstić information content (AvgIpc) is 2.96. The first-order valence-corrected chi connectivity index (χ1v) is 8.49. The Bertz CT molecular complexity index is 424. The van der Waals surface area contributed by atoms with Gasteiger partial charge in [0.15, 0.2) is 0 Å². The van der Waals surface area contributed by atoms with Crippen LogP contribution in [-0.4, -0.2) is 30.6 Å². The van der Waals surface area contributed by atoms with Crippen LogP contribution in [0.2, 0.25) is 0 Å². The highest BCUT2D eigenvalue weighted by atomic mass is 15.2. The van der Waals surface area contributed by atoms with E-state index in [1.165, 1.54) is 37.1 Å². The lowest BCUT2D eigenvalue weighted by Gasteiger charge is -2.31. The quantitative estimate of drug-likeness (QED) is 0.877. The molecule has 2 atom stereocenters. The zero-order valence-electron chi connectivity index (χ0n) is 14.4. The summed E-state index contributed by atoms with van der Waals surface area (Å²) in [5, 5.41) is 3.62. The molecule has 2 unspecified atom stereocenters. The normalized spacial score (nSPS) is 21.0. The molecule has 2 nitrogen and oxygen atoms in total. The van der Waals surface area contributed by atoms with Crippen molar-refractivity contribution in [3.63, 3.8) is 0 Å². The predicted molar refractivity (Wildman–Crippen MR) is 91.8 cm³/mol. The number of benzene rings is 1. The summed E-state index contributed by atoms with van der Waals surface area (Å²) >= 11 is 0. The highest BCUT2D eigenvalue weighted by Crippen LogP contribution is 2.26. The molecule has 1 N–H and O–H groups in total. The van der Waals surface area contributed by atoms with Gasteiger partial charge in [0.1, 0.15) is 0 Å². The van der Waals surface area contributed by atoms with E-state index in [0.29, 0.717) is 12.1 Å². The van der Waals surface area contributed by atoms with Crippen LogP contribution < -0.4 is 5.32 Å². The van der Waals surface area contributed by atoms with E-state index in [1.807, 2.05) is 0 Å². The first-order chi connectivity index (χ1) is 9.91. The van der Waals surface area contributed by atoms with Crippen molar-refractivity contribution in [2.24, 2.45) is 0 Å². The fourth-order valence-corrected chi connectivity index (χ4v) is 3.23. The van der Waals surface area contributed by atoms with Gasteiger partial charge in [0.05, 0.1) is 0 Å². The Hall–Kier alpha value is -0.860. The molecule has 0 saturated carbocycles. The van der Waals surface area contributed by atoms with Crippen molar-refractivity contribution in [1.29, 1.82) is 0 Å². The van der Waals surface area contributed by atoms with Crippen LogP contribution in [0.5, 0.6) is 0 Å². The van der Waals surface area contributed by atoms with Gasteiger partial charge in [-0.3, -0.25) is 4.90 Å². The molecule has 1 aliphatic heterocycles. The topological polar surface area (TPSA) is 15.3 Å². The molecule has 0 bridgehead atoms. The molecule has 1 aromatic rings. The van der Waals surface area contributed by atoms with Crippen LogP contribution in [-0.2, 0) is 5.41 Å². The van der Waals surface area contributed by atoms with Crippen LogP contribution in [0.25, 0.3) is 0 Å². The largest absolute Gasteiger partial charge is 0.313 e. The van der Waals surface area contributed by atoms with E-state index in [-0.39, 0.29) is 5.41 Å². The van der Waals surface area contributed by atoms with Gasteiger partial charge in [0.25, 0.3) is 0 Å². The molecule has 0 radical (unpaired) electrons. The van der Waals surface area contributed by atoms with Crippen molar-refractivity contribution in [2.45, 2.75) is 65.0 Å². The van der Waals surface area contributed by atoms with Crippen molar-refractivity contribution in [2.75, 3.05) is 19.6 Å². The molecule has 1 aliphatic rings. The maximum absolute atomic E-state index is 3.62. The van der Waals surface area contributed by atoms with Crippen molar-refractivity contribution >= 4 is 0 Å². The number of hydrogen-bond acceptors (Lipinski definition) is 2. The third-order valence-corrected chi connectivity index (χ3v) is 4.83. The minimum absolute atomic E-state index is 0.236. The van der Waals surface area contributed by atoms with Gasteiger partial charge < -0.3 is 5.32 Å². The van der Waals surface area contributed by atoms with Gasteiger partial charge in [-0.25, -0.2) is 0 Å². The molecule has 0 spiro atoms. The first-order valence-electron chi connectivity index (χ1n) is 8.49. The Balaban J connectivity index is 2.04. The van der Waals surface area contributed by atoms with E-state index >= 15 is 0 Å². The lowest BCUT2D eigenvalue weighted by atomic mass is 9.86. The van der Waals surface area contributed by atoms with Gasteiger partial charge in [-0.1, -0.05) is 52.0 Å². The van der Waals surface area contributed by atoms with Gasteiger partial charge in [-0.15, -0.1) is 0 Å². The number of rotatable bonds is 5. The molecule has 2 rings (SSSR count). The highest BCUT2D eigenvalue weighted by Gasteiger charge is 2.21. The lowest BCUT2D eigenvalue weighted by molar-refractivity contribution is 0.202. The Morgan fingerprint density at radius 2 is 1.90 bits per heavy atom. The standard InChI is InChI=1S/C19H32N2/c1-6-21(14-18-8-7-13-20-18)15(2)16-9-11-17(12-10-16)19(3,4)5/h9-12,15,18,20H,6-8,13-14H2,1-5H3. The number of nitrogens with one attached hydrogen (secondary N) is 1. The molecule has 118 valence electrons. The molecule has 1 saturated heterocycles. The molecule has 21 heavy (non-hydrogen) atoms. The third kappa shape index (κ3) is 4.31. The van der Waals surface area contributed by atoms with E-state index in [2.05, 4.69) is 69.1 Å². The summed E-state index contributed by atoms with van der Waals surface area (Å²) in [4.78, 5) is 2.59. The molecule has 1 fully saturated rings. The SMILES string of the molecule is CCN(CC1CCCN1)C(C)c1ccc(C(C)(C)C)cc1. The minimum atomic E-state index is 0.236. The van der Waals surface area contributed by atoms with E-state index in [4.69, 9.17) is 0 Å². The Morgan fingerprint density at radius 1 is 1.24 bits per heavy atom. The molecule has 0 aromatic heterocycles. The van der Waals surface area contributed by atoms with Crippen LogP contribution in [0.3, 0.4) is 0 Å². The monoisotopic (exact) mass is 288 g/mol. The zero-order valence-corrected chi connectivity index (χ0v) is 14.4. The second kappa shape index (κ2) is 6.93. The molecule has 0 aliphatic carbocycles. The van der Waals surface area contributed by atoms with Crippen molar-refractivity contribution < 1.29 is 0 Å². The molecular formula is C19H32N2. The molecule has 1 heterocycles. The fourth-order valence-electron chi connectivity index (χ4n) is 3.23. The maximum Gasteiger partial charge on any atom is 0.0320 e. The number of likely N-dealkylation sites (N-methyl/N-ethyl adjacent to an activating group) is 1. The van der Waals surface area contributed by atoms with Gasteiger partial charge >= 0.3 is 0 Å². The van der Waals surface area contributed by atoms with E-state index in [1.54, 1.807) is 0 Å². The summed E-state index contributed by atoms with van der Waals surface area (Å²) in [5.41, 5.74) is 3.08. The maximum atomic E-state index is 3.62. The van der Waals surface area contributed by atoms with Crippen LogP contribution >= 0.6 is 0 Å². The third-order valence-electron chi connectivity index (χ3n) is 4.83. The number of nitrogens with zero attached hydrogens (tertiary/aromatic N) is 1. The van der Waals surface area contributed by atoms with Gasteiger partial charge in [-0.05, 0) is 49.4 Å². The van der Waals surface area contributed by atoms with E-state index < -0.39 is 0 Å². The Labute approximate surface area is 130 Å².